The van der Waals surface area contributed by atoms with Gasteiger partial charge in [-0.05, 0) is 28.3 Å². The molecule has 82 valence electrons. The fraction of sp³-hybridized carbons (Fsp3) is 0.600. The highest BCUT2D eigenvalue weighted by atomic mass is 79.9. The molecular formula is C10H14BrN3O. The molecule has 0 aromatic carbocycles. The first-order valence-corrected chi connectivity index (χ1v) is 5.86. The number of aromatic nitrogens is 2. The summed E-state index contributed by atoms with van der Waals surface area (Å²) >= 11 is 3.43. The van der Waals surface area contributed by atoms with Crippen LogP contribution < -0.4 is 4.90 Å². The van der Waals surface area contributed by atoms with Crippen LogP contribution in [-0.4, -0.2) is 34.3 Å². The summed E-state index contributed by atoms with van der Waals surface area (Å²) in [7, 11) is 0. The Balaban J connectivity index is 2.28. The van der Waals surface area contributed by atoms with Crippen LogP contribution in [0.5, 0.6) is 0 Å². The molecule has 0 saturated carbocycles. The van der Waals surface area contributed by atoms with Crippen LogP contribution in [0.2, 0.25) is 0 Å². The molecule has 0 spiro atoms. The van der Waals surface area contributed by atoms with E-state index in [0.717, 1.165) is 23.3 Å². The lowest BCUT2D eigenvalue weighted by Crippen LogP contribution is -2.35. The quantitative estimate of drug-likeness (QED) is 0.885. The van der Waals surface area contributed by atoms with E-state index in [4.69, 9.17) is 0 Å². The molecule has 5 heteroatoms. The van der Waals surface area contributed by atoms with Gasteiger partial charge in [-0.3, -0.25) is 0 Å². The summed E-state index contributed by atoms with van der Waals surface area (Å²) in [6.45, 7) is 3.29. The third kappa shape index (κ3) is 1.99. The predicted molar refractivity (Wildman–Crippen MR) is 61.7 cm³/mol. The molecule has 2 unspecified atom stereocenters. The van der Waals surface area contributed by atoms with Crippen LogP contribution in [0.1, 0.15) is 13.3 Å². The number of aliphatic hydroxyl groups excluding tert-OH is 1. The maximum atomic E-state index is 9.36. The Morgan fingerprint density at radius 2 is 2.47 bits per heavy atom. The van der Waals surface area contributed by atoms with Crippen molar-refractivity contribution in [2.75, 3.05) is 18.1 Å². The topological polar surface area (TPSA) is 49.2 Å². The average molecular weight is 272 g/mol. The van der Waals surface area contributed by atoms with Gasteiger partial charge in [0.25, 0.3) is 0 Å². The molecule has 2 atom stereocenters. The van der Waals surface area contributed by atoms with Crippen LogP contribution in [0.15, 0.2) is 17.0 Å². The highest BCUT2D eigenvalue weighted by Crippen LogP contribution is 2.31. The zero-order chi connectivity index (χ0) is 10.8. The van der Waals surface area contributed by atoms with Gasteiger partial charge in [-0.2, -0.15) is 0 Å². The maximum absolute atomic E-state index is 9.36. The number of hydrogen-bond donors (Lipinski definition) is 1. The molecule has 1 N–H and O–H groups in total. The Bertz CT molecular complexity index is 347. The SMILES string of the molecule is CC1CCN(c2ncncc2Br)C1CO. The first kappa shape index (κ1) is 10.8. The fourth-order valence-electron chi connectivity index (χ4n) is 2.07. The molecule has 2 rings (SSSR count). The van der Waals surface area contributed by atoms with Crippen molar-refractivity contribution in [2.24, 2.45) is 5.92 Å². The molecule has 0 radical (unpaired) electrons. The highest BCUT2D eigenvalue weighted by Gasteiger charge is 2.32. The van der Waals surface area contributed by atoms with Gasteiger partial charge in [-0.15, -0.1) is 0 Å². The summed E-state index contributed by atoms with van der Waals surface area (Å²) in [6.07, 6.45) is 4.37. The van der Waals surface area contributed by atoms with E-state index in [1.807, 2.05) is 0 Å². The lowest BCUT2D eigenvalue weighted by molar-refractivity contribution is 0.244. The van der Waals surface area contributed by atoms with Gasteiger partial charge >= 0.3 is 0 Å². The van der Waals surface area contributed by atoms with E-state index in [2.05, 4.69) is 37.7 Å². The second-order valence-corrected chi connectivity index (χ2v) is 4.76. The molecule has 0 amide bonds. The van der Waals surface area contributed by atoms with Crippen molar-refractivity contribution in [3.63, 3.8) is 0 Å². The van der Waals surface area contributed by atoms with Gasteiger partial charge in [-0.1, -0.05) is 6.92 Å². The predicted octanol–water partition coefficient (Wildman–Crippen LogP) is 1.45. The molecule has 1 aliphatic rings. The van der Waals surface area contributed by atoms with Crippen LogP contribution in [0, 0.1) is 5.92 Å². The Labute approximate surface area is 97.5 Å². The molecule has 1 aromatic heterocycles. The number of halogens is 1. The van der Waals surface area contributed by atoms with Crippen LogP contribution in [0.25, 0.3) is 0 Å². The summed E-state index contributed by atoms with van der Waals surface area (Å²) < 4.78 is 0.887. The van der Waals surface area contributed by atoms with Crippen LogP contribution >= 0.6 is 15.9 Å². The van der Waals surface area contributed by atoms with Gasteiger partial charge in [0.2, 0.25) is 0 Å². The molecule has 15 heavy (non-hydrogen) atoms. The van der Waals surface area contributed by atoms with E-state index in [1.165, 1.54) is 6.33 Å². The highest BCUT2D eigenvalue weighted by molar-refractivity contribution is 9.10. The van der Waals surface area contributed by atoms with Gasteiger partial charge < -0.3 is 10.0 Å². The molecule has 1 aromatic rings. The van der Waals surface area contributed by atoms with Crippen LogP contribution in [-0.2, 0) is 0 Å². The number of aliphatic hydroxyl groups is 1. The first-order chi connectivity index (χ1) is 7.24. The minimum Gasteiger partial charge on any atom is -0.394 e. The Hall–Kier alpha value is -0.680. The molecule has 2 heterocycles. The van der Waals surface area contributed by atoms with Gasteiger partial charge in [0.05, 0.1) is 17.1 Å². The lowest BCUT2D eigenvalue weighted by Gasteiger charge is -2.26. The van der Waals surface area contributed by atoms with E-state index >= 15 is 0 Å². The number of rotatable bonds is 2. The van der Waals surface area contributed by atoms with Crippen LogP contribution in [0.4, 0.5) is 5.82 Å². The molecule has 4 nitrogen and oxygen atoms in total. The number of nitrogens with zero attached hydrogens (tertiary/aromatic N) is 3. The summed E-state index contributed by atoms with van der Waals surface area (Å²) in [5.41, 5.74) is 0. The molecule has 0 bridgehead atoms. The van der Waals surface area contributed by atoms with Gasteiger partial charge in [-0.25, -0.2) is 9.97 Å². The minimum atomic E-state index is 0.177. The molecular weight excluding hydrogens is 258 g/mol. The lowest BCUT2D eigenvalue weighted by atomic mass is 10.0. The minimum absolute atomic E-state index is 0.177. The summed E-state index contributed by atoms with van der Waals surface area (Å²) in [4.78, 5) is 10.3. The summed E-state index contributed by atoms with van der Waals surface area (Å²) in [5.74, 6) is 1.39. The number of anilines is 1. The Morgan fingerprint density at radius 3 is 3.13 bits per heavy atom. The zero-order valence-corrected chi connectivity index (χ0v) is 10.2. The Kier molecular flexibility index (Phi) is 3.21. The smallest absolute Gasteiger partial charge is 0.146 e. The monoisotopic (exact) mass is 271 g/mol. The van der Waals surface area contributed by atoms with Crippen molar-refractivity contribution in [2.45, 2.75) is 19.4 Å². The molecule has 0 aliphatic carbocycles. The van der Waals surface area contributed by atoms with Crippen molar-refractivity contribution in [1.29, 1.82) is 0 Å². The fourth-order valence-corrected chi connectivity index (χ4v) is 2.52. The second kappa shape index (κ2) is 4.45. The zero-order valence-electron chi connectivity index (χ0n) is 8.60. The maximum Gasteiger partial charge on any atom is 0.146 e. The van der Waals surface area contributed by atoms with Crippen molar-refractivity contribution < 1.29 is 5.11 Å². The van der Waals surface area contributed by atoms with E-state index in [-0.39, 0.29) is 12.6 Å². The largest absolute Gasteiger partial charge is 0.394 e. The van der Waals surface area contributed by atoms with Gasteiger partial charge in [0.15, 0.2) is 0 Å². The third-order valence-electron chi connectivity index (χ3n) is 2.99. The summed E-state index contributed by atoms with van der Waals surface area (Å²) in [6, 6.07) is 0.177. The molecule has 1 saturated heterocycles. The van der Waals surface area contributed by atoms with E-state index in [1.54, 1.807) is 6.20 Å². The van der Waals surface area contributed by atoms with E-state index < -0.39 is 0 Å². The van der Waals surface area contributed by atoms with Crippen molar-refractivity contribution in [3.8, 4) is 0 Å². The van der Waals surface area contributed by atoms with Gasteiger partial charge in [0.1, 0.15) is 12.1 Å². The van der Waals surface area contributed by atoms with Crippen LogP contribution in [0.3, 0.4) is 0 Å². The van der Waals surface area contributed by atoms with Crippen molar-refractivity contribution in [3.05, 3.63) is 17.0 Å². The van der Waals surface area contributed by atoms with E-state index in [9.17, 15) is 5.11 Å². The van der Waals surface area contributed by atoms with Gasteiger partial charge in [0, 0.05) is 12.7 Å². The average Bonchev–Trinajstić information content (AvgIpc) is 2.60. The van der Waals surface area contributed by atoms with Crippen molar-refractivity contribution >= 4 is 21.7 Å². The number of hydrogen-bond acceptors (Lipinski definition) is 4. The normalized spacial score (nSPS) is 25.9. The standard InChI is InChI=1S/C10H14BrN3O/c1-7-2-3-14(9(7)5-15)10-8(11)4-12-6-13-10/h4,6-7,9,15H,2-3,5H2,1H3. The van der Waals surface area contributed by atoms with E-state index in [0.29, 0.717) is 5.92 Å². The third-order valence-corrected chi connectivity index (χ3v) is 3.55. The Morgan fingerprint density at radius 1 is 1.67 bits per heavy atom. The molecule has 1 aliphatic heterocycles. The molecule has 1 fully saturated rings. The summed E-state index contributed by atoms with van der Waals surface area (Å²) in [5, 5.41) is 9.36. The van der Waals surface area contributed by atoms with Crippen molar-refractivity contribution in [1.82, 2.24) is 9.97 Å². The second-order valence-electron chi connectivity index (χ2n) is 3.90. The first-order valence-electron chi connectivity index (χ1n) is 5.07.